The predicted octanol–water partition coefficient (Wildman–Crippen LogP) is 3.48. The first kappa shape index (κ1) is 16.3. The van der Waals surface area contributed by atoms with Gasteiger partial charge in [0.15, 0.2) is 0 Å². The van der Waals surface area contributed by atoms with Gasteiger partial charge < -0.3 is 16.1 Å². The molecule has 0 heterocycles. The maximum absolute atomic E-state index is 7.97. The zero-order valence-corrected chi connectivity index (χ0v) is 12.2. The molecule has 0 aliphatic heterocycles. The van der Waals surface area contributed by atoms with Crippen LogP contribution in [0.15, 0.2) is 0 Å². The number of nitrogens with one attached hydrogen (secondary N) is 3. The van der Waals surface area contributed by atoms with Gasteiger partial charge in [-0.15, -0.1) is 0 Å². The van der Waals surface area contributed by atoms with Gasteiger partial charge in [0.1, 0.15) is 0 Å². The summed E-state index contributed by atoms with van der Waals surface area (Å²) in [6.45, 7) is 12.6. The number of hydrogen-bond donors (Lipinski definition) is 3. The van der Waals surface area contributed by atoms with Crippen LogP contribution in [0.3, 0.4) is 0 Å². The zero-order chi connectivity index (χ0) is 13.6. The molecule has 0 aromatic heterocycles. The SMILES string of the molecule is CC(C)CC(=N)C(C)NC(C)C(=N)CC(C)C. The Morgan fingerprint density at radius 1 is 0.765 bits per heavy atom. The van der Waals surface area contributed by atoms with Gasteiger partial charge in [-0.1, -0.05) is 27.7 Å². The van der Waals surface area contributed by atoms with Crippen molar-refractivity contribution in [3.63, 3.8) is 0 Å². The zero-order valence-electron chi connectivity index (χ0n) is 12.2. The smallest absolute Gasteiger partial charge is 0.0424 e. The Kier molecular flexibility index (Phi) is 7.28. The van der Waals surface area contributed by atoms with E-state index in [1.54, 1.807) is 0 Å². The van der Waals surface area contributed by atoms with E-state index in [1.165, 1.54) is 0 Å². The molecule has 0 fully saturated rings. The molecule has 0 saturated carbocycles. The van der Waals surface area contributed by atoms with E-state index in [9.17, 15) is 0 Å². The molecule has 3 nitrogen and oxygen atoms in total. The second-order valence-electron chi connectivity index (χ2n) is 5.86. The molecular formula is C14H29N3. The van der Waals surface area contributed by atoms with Gasteiger partial charge >= 0.3 is 0 Å². The van der Waals surface area contributed by atoms with Crippen LogP contribution in [0.5, 0.6) is 0 Å². The van der Waals surface area contributed by atoms with E-state index in [0.717, 1.165) is 24.3 Å². The molecule has 0 saturated heterocycles. The highest BCUT2D eigenvalue weighted by Gasteiger charge is 2.16. The molecule has 2 atom stereocenters. The summed E-state index contributed by atoms with van der Waals surface area (Å²) in [5, 5.41) is 19.3. The molecule has 0 amide bonds. The molecule has 0 aliphatic rings. The highest BCUT2D eigenvalue weighted by atomic mass is 15.0. The number of rotatable bonds is 8. The second-order valence-corrected chi connectivity index (χ2v) is 5.86. The van der Waals surface area contributed by atoms with Crippen molar-refractivity contribution < 1.29 is 0 Å². The third kappa shape index (κ3) is 7.27. The van der Waals surface area contributed by atoms with Crippen LogP contribution in [0.25, 0.3) is 0 Å². The lowest BCUT2D eigenvalue weighted by atomic mass is 9.99. The van der Waals surface area contributed by atoms with Crippen LogP contribution in [0.1, 0.15) is 54.4 Å². The van der Waals surface area contributed by atoms with Gasteiger partial charge in [0.05, 0.1) is 0 Å². The summed E-state index contributed by atoms with van der Waals surface area (Å²) in [4.78, 5) is 0. The number of hydrogen-bond acceptors (Lipinski definition) is 3. The first-order chi connectivity index (χ1) is 7.73. The normalized spacial score (nSPS) is 15.1. The van der Waals surface area contributed by atoms with Gasteiger partial charge in [-0.25, -0.2) is 0 Å². The Morgan fingerprint density at radius 2 is 1.06 bits per heavy atom. The van der Waals surface area contributed by atoms with E-state index < -0.39 is 0 Å². The molecule has 0 spiro atoms. The Morgan fingerprint density at radius 3 is 1.29 bits per heavy atom. The molecule has 3 N–H and O–H groups in total. The minimum absolute atomic E-state index is 0.0694. The van der Waals surface area contributed by atoms with E-state index in [2.05, 4.69) is 33.0 Å². The third-order valence-electron chi connectivity index (χ3n) is 2.80. The summed E-state index contributed by atoms with van der Waals surface area (Å²) in [5.74, 6) is 1.05. The van der Waals surface area contributed by atoms with Gasteiger partial charge in [0, 0.05) is 23.5 Å². The molecule has 2 unspecified atom stereocenters. The van der Waals surface area contributed by atoms with Crippen LogP contribution in [0.2, 0.25) is 0 Å². The van der Waals surface area contributed by atoms with Crippen LogP contribution in [0, 0.1) is 22.7 Å². The highest BCUT2D eigenvalue weighted by molar-refractivity contribution is 5.89. The van der Waals surface area contributed by atoms with Crippen molar-refractivity contribution in [2.24, 2.45) is 11.8 Å². The van der Waals surface area contributed by atoms with Crippen LogP contribution in [-0.4, -0.2) is 23.5 Å². The maximum atomic E-state index is 7.97. The van der Waals surface area contributed by atoms with Gasteiger partial charge in [-0.05, 0) is 38.5 Å². The third-order valence-corrected chi connectivity index (χ3v) is 2.80. The average molecular weight is 239 g/mol. The summed E-state index contributed by atoms with van der Waals surface area (Å²) in [7, 11) is 0. The summed E-state index contributed by atoms with van der Waals surface area (Å²) >= 11 is 0. The van der Waals surface area contributed by atoms with E-state index in [1.807, 2.05) is 13.8 Å². The molecular weight excluding hydrogens is 210 g/mol. The molecule has 0 aromatic carbocycles. The molecule has 100 valence electrons. The summed E-state index contributed by atoms with van der Waals surface area (Å²) in [6, 6.07) is 0.139. The van der Waals surface area contributed by atoms with E-state index in [-0.39, 0.29) is 12.1 Å². The van der Waals surface area contributed by atoms with Gasteiger partial charge in [0.2, 0.25) is 0 Å². The monoisotopic (exact) mass is 239 g/mol. The van der Waals surface area contributed by atoms with E-state index >= 15 is 0 Å². The molecule has 0 rings (SSSR count). The van der Waals surface area contributed by atoms with Crippen molar-refractivity contribution >= 4 is 11.4 Å². The van der Waals surface area contributed by atoms with Crippen molar-refractivity contribution in [2.75, 3.05) is 0 Å². The Labute approximate surface area is 106 Å². The Bertz CT molecular complexity index is 230. The van der Waals surface area contributed by atoms with Crippen molar-refractivity contribution in [3.05, 3.63) is 0 Å². The predicted molar refractivity (Wildman–Crippen MR) is 76.4 cm³/mol. The van der Waals surface area contributed by atoms with Crippen LogP contribution < -0.4 is 5.32 Å². The lowest BCUT2D eigenvalue weighted by Crippen LogP contribution is -2.44. The summed E-state index contributed by atoms with van der Waals surface area (Å²) in [5.41, 5.74) is 1.48. The molecule has 0 aromatic rings. The summed E-state index contributed by atoms with van der Waals surface area (Å²) < 4.78 is 0. The van der Waals surface area contributed by atoms with Crippen LogP contribution >= 0.6 is 0 Å². The maximum Gasteiger partial charge on any atom is 0.0424 e. The Balaban J connectivity index is 4.14. The molecule has 0 radical (unpaired) electrons. The van der Waals surface area contributed by atoms with Gasteiger partial charge in [-0.2, -0.15) is 0 Å². The lowest BCUT2D eigenvalue weighted by Gasteiger charge is -2.23. The van der Waals surface area contributed by atoms with Crippen molar-refractivity contribution in [1.29, 1.82) is 10.8 Å². The van der Waals surface area contributed by atoms with Crippen molar-refractivity contribution in [2.45, 2.75) is 66.5 Å². The van der Waals surface area contributed by atoms with Crippen LogP contribution in [-0.2, 0) is 0 Å². The molecule has 0 bridgehead atoms. The highest BCUT2D eigenvalue weighted by Crippen LogP contribution is 2.07. The quantitative estimate of drug-likeness (QED) is 0.558. The van der Waals surface area contributed by atoms with E-state index in [0.29, 0.717) is 11.8 Å². The first-order valence-corrected chi connectivity index (χ1v) is 6.64. The second kappa shape index (κ2) is 7.59. The standard InChI is InChI=1S/C14H29N3/c1-9(2)7-13(15)11(5)17-12(6)14(16)8-10(3)4/h9-12,15-17H,7-8H2,1-6H3. The molecule has 0 aliphatic carbocycles. The van der Waals surface area contributed by atoms with Gasteiger partial charge in [-0.3, -0.25) is 0 Å². The molecule has 17 heavy (non-hydrogen) atoms. The van der Waals surface area contributed by atoms with E-state index in [4.69, 9.17) is 10.8 Å². The van der Waals surface area contributed by atoms with Crippen molar-refractivity contribution in [1.82, 2.24) is 5.32 Å². The van der Waals surface area contributed by atoms with Crippen molar-refractivity contribution in [3.8, 4) is 0 Å². The molecule has 3 heteroatoms. The first-order valence-electron chi connectivity index (χ1n) is 6.64. The fraction of sp³-hybridized carbons (Fsp3) is 0.857. The summed E-state index contributed by atoms with van der Waals surface area (Å²) in [6.07, 6.45) is 1.66. The van der Waals surface area contributed by atoms with Gasteiger partial charge in [0.25, 0.3) is 0 Å². The largest absolute Gasteiger partial charge is 0.308 e. The topological polar surface area (TPSA) is 59.7 Å². The minimum Gasteiger partial charge on any atom is -0.308 e. The minimum atomic E-state index is 0.0694. The average Bonchev–Trinajstić information content (AvgIpc) is 2.15. The fourth-order valence-corrected chi connectivity index (χ4v) is 1.81. The Hall–Kier alpha value is -0.700. The van der Waals surface area contributed by atoms with Crippen LogP contribution in [0.4, 0.5) is 0 Å². The fourth-order valence-electron chi connectivity index (χ4n) is 1.81. The lowest BCUT2D eigenvalue weighted by molar-refractivity contribution is 0.576.